The molecular weight excluding hydrogens is 336 g/mol. The third-order valence-electron chi connectivity index (χ3n) is 6.00. The van der Waals surface area contributed by atoms with Gasteiger partial charge in [-0.15, -0.1) is 0 Å². The highest BCUT2D eigenvalue weighted by molar-refractivity contribution is 5.99. The summed E-state index contributed by atoms with van der Waals surface area (Å²) in [5.41, 5.74) is 3.35. The maximum Gasteiger partial charge on any atom is 0.162 e. The van der Waals surface area contributed by atoms with Gasteiger partial charge in [0.15, 0.2) is 5.78 Å². The van der Waals surface area contributed by atoms with E-state index in [0.717, 1.165) is 55.7 Å². The third-order valence-corrected chi connectivity index (χ3v) is 6.00. The van der Waals surface area contributed by atoms with Gasteiger partial charge in [-0.1, -0.05) is 33.8 Å². The molecule has 3 atom stereocenters. The fraction of sp³-hybridized carbons (Fsp3) is 0.652. The molecule has 27 heavy (non-hydrogen) atoms. The van der Waals surface area contributed by atoms with Crippen LogP contribution in [0.4, 0.5) is 0 Å². The Morgan fingerprint density at radius 1 is 1.22 bits per heavy atom. The van der Waals surface area contributed by atoms with Gasteiger partial charge in [0.2, 0.25) is 0 Å². The first-order valence-electron chi connectivity index (χ1n) is 10.5. The van der Waals surface area contributed by atoms with Crippen LogP contribution in [0.2, 0.25) is 0 Å². The van der Waals surface area contributed by atoms with Gasteiger partial charge in [-0.3, -0.25) is 9.48 Å². The summed E-state index contributed by atoms with van der Waals surface area (Å²) in [7, 11) is 2.02. The predicted molar refractivity (Wildman–Crippen MR) is 108 cm³/mol. The molecule has 3 rings (SSSR count). The minimum Gasteiger partial charge on any atom is -0.498 e. The van der Waals surface area contributed by atoms with Gasteiger partial charge >= 0.3 is 0 Å². The number of carbonyl (C=O) groups excluding carboxylic acids is 1. The molecule has 4 nitrogen and oxygen atoms in total. The highest BCUT2D eigenvalue weighted by atomic mass is 16.5. The van der Waals surface area contributed by atoms with Crippen molar-refractivity contribution >= 4 is 5.78 Å². The van der Waals surface area contributed by atoms with Crippen molar-refractivity contribution in [2.24, 2.45) is 24.8 Å². The lowest BCUT2D eigenvalue weighted by Crippen LogP contribution is -2.15. The minimum atomic E-state index is 0.127. The number of allylic oxidation sites excluding steroid dienone is 4. The topological polar surface area (TPSA) is 44.1 Å². The number of nitrogens with zero attached hydrogens (tertiary/aromatic N) is 2. The molecule has 1 aliphatic heterocycles. The molecule has 0 radical (unpaired) electrons. The Kier molecular flexibility index (Phi) is 6.23. The number of ether oxygens (including phenoxy) is 1. The zero-order chi connectivity index (χ0) is 19.6. The Morgan fingerprint density at radius 3 is 2.63 bits per heavy atom. The van der Waals surface area contributed by atoms with Crippen molar-refractivity contribution in [3.8, 4) is 0 Å². The van der Waals surface area contributed by atoms with E-state index >= 15 is 0 Å². The lowest BCUT2D eigenvalue weighted by atomic mass is 9.88. The van der Waals surface area contributed by atoms with Gasteiger partial charge in [0.1, 0.15) is 0 Å². The number of carbonyl (C=O) groups is 1. The van der Waals surface area contributed by atoms with E-state index in [1.807, 2.05) is 11.7 Å². The second kappa shape index (κ2) is 8.45. The van der Waals surface area contributed by atoms with Crippen molar-refractivity contribution in [2.75, 3.05) is 6.61 Å². The summed E-state index contributed by atoms with van der Waals surface area (Å²) in [4.78, 5) is 12.6. The van der Waals surface area contributed by atoms with Crippen molar-refractivity contribution in [3.05, 3.63) is 40.9 Å². The highest BCUT2D eigenvalue weighted by Gasteiger charge is 2.30. The summed E-state index contributed by atoms with van der Waals surface area (Å²) in [5, 5.41) is 4.76. The van der Waals surface area contributed by atoms with Crippen LogP contribution in [-0.2, 0) is 23.0 Å². The van der Waals surface area contributed by atoms with Crippen LogP contribution in [-0.4, -0.2) is 22.2 Å². The van der Waals surface area contributed by atoms with Crippen LogP contribution in [0.3, 0.4) is 0 Å². The SMILES string of the molecule is CC(C)C1=CCC(CC(C)c2cc(CC(C)C3=CCCCO3)n(C)n2)C1=O. The van der Waals surface area contributed by atoms with Crippen molar-refractivity contribution < 1.29 is 9.53 Å². The summed E-state index contributed by atoms with van der Waals surface area (Å²) >= 11 is 0. The van der Waals surface area contributed by atoms with Crippen molar-refractivity contribution in [1.29, 1.82) is 0 Å². The molecule has 0 aromatic carbocycles. The maximum absolute atomic E-state index is 12.6. The molecular formula is C23H34N2O2. The summed E-state index contributed by atoms with van der Waals surface area (Å²) < 4.78 is 7.82. The number of ketones is 1. The van der Waals surface area contributed by atoms with Crippen LogP contribution in [0.1, 0.15) is 70.7 Å². The molecule has 4 heteroatoms. The molecule has 1 aliphatic carbocycles. The average Bonchev–Trinajstić information content (AvgIpc) is 3.19. The number of rotatable bonds is 7. The molecule has 1 aromatic heterocycles. The zero-order valence-electron chi connectivity index (χ0n) is 17.5. The first kappa shape index (κ1) is 19.9. The van der Waals surface area contributed by atoms with Gasteiger partial charge in [-0.25, -0.2) is 0 Å². The summed E-state index contributed by atoms with van der Waals surface area (Å²) in [6, 6.07) is 2.22. The molecule has 0 bridgehead atoms. The second-order valence-electron chi connectivity index (χ2n) is 8.63. The van der Waals surface area contributed by atoms with Crippen LogP contribution < -0.4 is 0 Å². The Morgan fingerprint density at radius 2 is 2.00 bits per heavy atom. The standard InChI is InChI=1S/C23H34N2O2/c1-15(2)20-10-9-18(23(20)26)12-16(3)21-14-19(25(5)24-21)13-17(4)22-8-6-7-11-27-22/h8,10,14-18H,6-7,9,11-13H2,1-5H3. The van der Waals surface area contributed by atoms with Crippen molar-refractivity contribution in [1.82, 2.24) is 9.78 Å². The molecule has 1 aromatic rings. The average molecular weight is 371 g/mol. The van der Waals surface area contributed by atoms with Gasteiger partial charge in [-0.2, -0.15) is 5.10 Å². The van der Waals surface area contributed by atoms with E-state index in [4.69, 9.17) is 9.84 Å². The molecule has 2 aliphatic rings. The summed E-state index contributed by atoms with van der Waals surface area (Å²) in [5.74, 6) is 2.60. The Bertz CT molecular complexity index is 742. The van der Waals surface area contributed by atoms with Crippen molar-refractivity contribution in [3.63, 3.8) is 0 Å². The number of hydrogen-bond acceptors (Lipinski definition) is 3. The normalized spacial score (nSPS) is 22.4. The molecule has 0 spiro atoms. The van der Waals surface area contributed by atoms with Gasteiger partial charge in [0.25, 0.3) is 0 Å². The lowest BCUT2D eigenvalue weighted by Gasteiger charge is -2.20. The van der Waals surface area contributed by atoms with Crippen LogP contribution in [0.25, 0.3) is 0 Å². The van der Waals surface area contributed by atoms with E-state index in [1.54, 1.807) is 0 Å². The molecule has 2 heterocycles. The smallest absolute Gasteiger partial charge is 0.162 e. The van der Waals surface area contributed by atoms with Gasteiger partial charge in [0, 0.05) is 30.5 Å². The predicted octanol–water partition coefficient (Wildman–Crippen LogP) is 4.96. The zero-order valence-corrected chi connectivity index (χ0v) is 17.5. The van der Waals surface area contributed by atoms with Crippen molar-refractivity contribution in [2.45, 2.75) is 65.7 Å². The Hall–Kier alpha value is -1.84. The second-order valence-corrected chi connectivity index (χ2v) is 8.63. The quantitative estimate of drug-likeness (QED) is 0.681. The molecule has 0 amide bonds. The number of hydrogen-bond donors (Lipinski definition) is 0. The van der Waals surface area contributed by atoms with E-state index in [9.17, 15) is 4.79 Å². The summed E-state index contributed by atoms with van der Waals surface area (Å²) in [6.07, 6.45) is 9.33. The van der Waals surface area contributed by atoms with Crippen LogP contribution in [0.5, 0.6) is 0 Å². The molecule has 148 valence electrons. The fourth-order valence-electron chi connectivity index (χ4n) is 4.28. The fourth-order valence-corrected chi connectivity index (χ4v) is 4.28. The van der Waals surface area contributed by atoms with E-state index < -0.39 is 0 Å². The van der Waals surface area contributed by atoms with E-state index in [-0.39, 0.29) is 5.92 Å². The van der Waals surface area contributed by atoms with Crippen LogP contribution >= 0.6 is 0 Å². The van der Waals surface area contributed by atoms with E-state index in [1.165, 1.54) is 5.69 Å². The van der Waals surface area contributed by atoms with Gasteiger partial charge in [0.05, 0.1) is 18.1 Å². The number of aryl methyl sites for hydroxylation is 1. The number of Topliss-reactive ketones (excluding diaryl/α,β-unsaturated/α-hetero) is 1. The maximum atomic E-state index is 12.6. The summed E-state index contributed by atoms with van der Waals surface area (Å²) in [6.45, 7) is 9.47. The van der Waals surface area contributed by atoms with Gasteiger partial charge in [-0.05, 0) is 55.7 Å². The van der Waals surface area contributed by atoms with Crippen LogP contribution in [0, 0.1) is 17.8 Å². The first-order valence-corrected chi connectivity index (χ1v) is 10.5. The first-order chi connectivity index (χ1) is 12.9. The highest BCUT2D eigenvalue weighted by Crippen LogP contribution is 2.34. The van der Waals surface area contributed by atoms with Gasteiger partial charge < -0.3 is 4.74 Å². The molecule has 0 saturated heterocycles. The third kappa shape index (κ3) is 4.53. The minimum absolute atomic E-state index is 0.127. The molecule has 0 N–H and O–H groups in total. The monoisotopic (exact) mass is 370 g/mol. The van der Waals surface area contributed by atoms with Crippen LogP contribution in [0.15, 0.2) is 29.6 Å². The largest absolute Gasteiger partial charge is 0.498 e. The lowest BCUT2D eigenvalue weighted by molar-refractivity contribution is -0.119. The molecule has 0 fully saturated rings. The number of aromatic nitrogens is 2. The Balaban J connectivity index is 1.62. The van der Waals surface area contributed by atoms with E-state index in [0.29, 0.717) is 23.5 Å². The molecule has 3 unspecified atom stereocenters. The van der Waals surface area contributed by atoms with E-state index in [2.05, 4.69) is 45.9 Å². The molecule has 0 saturated carbocycles. The Labute approximate surface area is 163 Å².